The van der Waals surface area contributed by atoms with Gasteiger partial charge >= 0.3 is 6.61 Å². The number of halogens is 2. The lowest BCUT2D eigenvalue weighted by Gasteiger charge is -2.14. The van der Waals surface area contributed by atoms with Crippen molar-refractivity contribution in [3.63, 3.8) is 0 Å². The molecule has 2 aromatic rings. The Hall–Kier alpha value is -1.72. The van der Waals surface area contributed by atoms with Crippen LogP contribution in [0.5, 0.6) is 5.75 Å². The standard InChI is InChI=1S/C15H17F2NO2/c1-19-9-8-18-10-13-12-5-3-2-4-11(12)6-7-14(13)20-15(16)17/h2-7,15,18H,8-10H2,1H3. The maximum atomic E-state index is 12.5. The summed E-state index contributed by atoms with van der Waals surface area (Å²) in [6.07, 6.45) is 0. The summed E-state index contributed by atoms with van der Waals surface area (Å²) in [6, 6.07) is 11.0. The van der Waals surface area contributed by atoms with E-state index in [9.17, 15) is 8.78 Å². The van der Waals surface area contributed by atoms with Crippen molar-refractivity contribution in [2.75, 3.05) is 20.3 Å². The highest BCUT2D eigenvalue weighted by atomic mass is 19.3. The number of methoxy groups -OCH3 is 1. The van der Waals surface area contributed by atoms with Crippen LogP contribution in [0.4, 0.5) is 8.78 Å². The van der Waals surface area contributed by atoms with Gasteiger partial charge in [0.05, 0.1) is 6.61 Å². The zero-order chi connectivity index (χ0) is 14.4. The third kappa shape index (κ3) is 3.65. The predicted octanol–water partition coefficient (Wildman–Crippen LogP) is 3.18. The first-order valence-electron chi connectivity index (χ1n) is 6.37. The highest BCUT2D eigenvalue weighted by molar-refractivity contribution is 5.87. The SMILES string of the molecule is COCCNCc1c(OC(F)F)ccc2ccccc12. The van der Waals surface area contributed by atoms with Gasteiger partial charge < -0.3 is 14.8 Å². The molecule has 0 bridgehead atoms. The second-order valence-corrected chi connectivity index (χ2v) is 4.31. The van der Waals surface area contributed by atoms with Gasteiger partial charge in [0.1, 0.15) is 5.75 Å². The monoisotopic (exact) mass is 281 g/mol. The fourth-order valence-electron chi connectivity index (χ4n) is 2.09. The second-order valence-electron chi connectivity index (χ2n) is 4.31. The van der Waals surface area contributed by atoms with Gasteiger partial charge in [-0.15, -0.1) is 0 Å². The smallest absolute Gasteiger partial charge is 0.387 e. The van der Waals surface area contributed by atoms with Gasteiger partial charge in [0.25, 0.3) is 0 Å². The zero-order valence-electron chi connectivity index (χ0n) is 11.2. The fraction of sp³-hybridized carbons (Fsp3) is 0.333. The Bertz CT molecular complexity index is 561. The van der Waals surface area contributed by atoms with E-state index in [0.717, 1.165) is 16.3 Å². The Morgan fingerprint density at radius 3 is 2.70 bits per heavy atom. The topological polar surface area (TPSA) is 30.5 Å². The molecule has 0 amide bonds. The van der Waals surface area contributed by atoms with E-state index in [1.54, 1.807) is 19.2 Å². The molecule has 0 aliphatic carbocycles. The summed E-state index contributed by atoms with van der Waals surface area (Å²) in [7, 11) is 1.62. The van der Waals surface area contributed by atoms with Crippen LogP contribution >= 0.6 is 0 Å². The molecule has 2 aromatic carbocycles. The number of nitrogens with one attached hydrogen (secondary N) is 1. The molecule has 0 saturated carbocycles. The van der Waals surface area contributed by atoms with Gasteiger partial charge in [-0.25, -0.2) is 0 Å². The Kier molecular flexibility index (Phi) is 5.26. The second kappa shape index (κ2) is 7.17. The summed E-state index contributed by atoms with van der Waals surface area (Å²) in [6.45, 7) is -1.16. The van der Waals surface area contributed by atoms with Crippen LogP contribution in [0.3, 0.4) is 0 Å². The molecular formula is C15H17F2NO2. The highest BCUT2D eigenvalue weighted by Gasteiger charge is 2.12. The number of hydrogen-bond donors (Lipinski definition) is 1. The normalized spacial score (nSPS) is 11.2. The van der Waals surface area contributed by atoms with E-state index >= 15 is 0 Å². The Balaban J connectivity index is 2.29. The number of benzene rings is 2. The molecule has 108 valence electrons. The maximum absolute atomic E-state index is 12.5. The molecule has 0 spiro atoms. The third-order valence-electron chi connectivity index (χ3n) is 3.00. The van der Waals surface area contributed by atoms with Gasteiger partial charge in [-0.1, -0.05) is 30.3 Å². The maximum Gasteiger partial charge on any atom is 0.387 e. The van der Waals surface area contributed by atoms with Gasteiger partial charge in [-0.2, -0.15) is 8.78 Å². The summed E-state index contributed by atoms with van der Waals surface area (Å²) in [4.78, 5) is 0. The van der Waals surface area contributed by atoms with Crippen molar-refractivity contribution in [2.24, 2.45) is 0 Å². The zero-order valence-corrected chi connectivity index (χ0v) is 11.2. The molecule has 0 aliphatic heterocycles. The molecule has 0 heterocycles. The lowest BCUT2D eigenvalue weighted by atomic mass is 10.0. The van der Waals surface area contributed by atoms with Gasteiger partial charge in [0.15, 0.2) is 0 Å². The van der Waals surface area contributed by atoms with Gasteiger partial charge in [-0.05, 0) is 16.8 Å². The van der Waals surface area contributed by atoms with Crippen molar-refractivity contribution >= 4 is 10.8 Å². The van der Waals surface area contributed by atoms with Crippen LogP contribution in [0, 0.1) is 0 Å². The average molecular weight is 281 g/mol. The molecule has 0 radical (unpaired) electrons. The summed E-state index contributed by atoms with van der Waals surface area (Å²) in [5.41, 5.74) is 0.736. The van der Waals surface area contributed by atoms with Crippen molar-refractivity contribution in [1.29, 1.82) is 0 Å². The van der Waals surface area contributed by atoms with Crippen LogP contribution in [-0.4, -0.2) is 26.9 Å². The van der Waals surface area contributed by atoms with Crippen molar-refractivity contribution in [1.82, 2.24) is 5.32 Å². The van der Waals surface area contributed by atoms with Crippen molar-refractivity contribution in [3.05, 3.63) is 42.0 Å². The van der Waals surface area contributed by atoms with E-state index in [1.807, 2.05) is 24.3 Å². The lowest BCUT2D eigenvalue weighted by Crippen LogP contribution is -2.19. The van der Waals surface area contributed by atoms with Crippen molar-refractivity contribution in [3.8, 4) is 5.75 Å². The van der Waals surface area contributed by atoms with E-state index in [-0.39, 0.29) is 5.75 Å². The number of rotatable bonds is 7. The van der Waals surface area contributed by atoms with Gasteiger partial charge in [0.2, 0.25) is 0 Å². The molecule has 0 atom stereocenters. The van der Waals surface area contributed by atoms with Crippen LogP contribution < -0.4 is 10.1 Å². The molecule has 20 heavy (non-hydrogen) atoms. The summed E-state index contributed by atoms with van der Waals surface area (Å²) in [5.74, 6) is 0.212. The highest BCUT2D eigenvalue weighted by Crippen LogP contribution is 2.29. The Labute approximate surface area is 116 Å². The first-order chi connectivity index (χ1) is 9.72. The largest absolute Gasteiger partial charge is 0.434 e. The summed E-state index contributed by atoms with van der Waals surface area (Å²) in [5, 5.41) is 5.07. The molecule has 5 heteroatoms. The van der Waals surface area contributed by atoms with Crippen LogP contribution in [0.25, 0.3) is 10.8 Å². The summed E-state index contributed by atoms with van der Waals surface area (Å²) < 4.78 is 34.5. The minimum atomic E-state index is -2.83. The number of fused-ring (bicyclic) bond motifs is 1. The molecule has 3 nitrogen and oxygen atoms in total. The predicted molar refractivity (Wildman–Crippen MR) is 74.2 cm³/mol. The van der Waals surface area contributed by atoms with E-state index in [1.165, 1.54) is 0 Å². The van der Waals surface area contributed by atoms with Gasteiger partial charge in [0, 0.05) is 25.8 Å². The Morgan fingerprint density at radius 1 is 1.15 bits per heavy atom. The van der Waals surface area contributed by atoms with E-state index in [4.69, 9.17) is 4.74 Å². The van der Waals surface area contributed by atoms with E-state index < -0.39 is 6.61 Å². The number of hydrogen-bond acceptors (Lipinski definition) is 3. The minimum Gasteiger partial charge on any atom is -0.434 e. The van der Waals surface area contributed by atoms with Crippen LogP contribution in [0.1, 0.15) is 5.56 Å². The van der Waals surface area contributed by atoms with Crippen LogP contribution in [-0.2, 0) is 11.3 Å². The summed E-state index contributed by atoms with van der Waals surface area (Å²) >= 11 is 0. The molecule has 0 aliphatic rings. The Morgan fingerprint density at radius 2 is 1.95 bits per heavy atom. The molecule has 0 unspecified atom stereocenters. The molecule has 1 N–H and O–H groups in total. The first kappa shape index (κ1) is 14.7. The third-order valence-corrected chi connectivity index (χ3v) is 3.00. The van der Waals surface area contributed by atoms with Gasteiger partial charge in [-0.3, -0.25) is 0 Å². The van der Waals surface area contributed by atoms with E-state index in [2.05, 4.69) is 10.1 Å². The van der Waals surface area contributed by atoms with Crippen molar-refractivity contribution in [2.45, 2.75) is 13.2 Å². The van der Waals surface area contributed by atoms with Crippen LogP contribution in [0.2, 0.25) is 0 Å². The van der Waals surface area contributed by atoms with Crippen molar-refractivity contribution < 1.29 is 18.3 Å². The first-order valence-corrected chi connectivity index (χ1v) is 6.37. The fourth-order valence-corrected chi connectivity index (χ4v) is 2.09. The molecular weight excluding hydrogens is 264 g/mol. The molecule has 0 saturated heterocycles. The number of ether oxygens (including phenoxy) is 2. The van der Waals surface area contributed by atoms with Crippen LogP contribution in [0.15, 0.2) is 36.4 Å². The quantitative estimate of drug-likeness (QED) is 0.791. The van der Waals surface area contributed by atoms with E-state index in [0.29, 0.717) is 19.7 Å². The lowest BCUT2D eigenvalue weighted by molar-refractivity contribution is -0.0503. The molecule has 2 rings (SSSR count). The number of alkyl halides is 2. The minimum absolute atomic E-state index is 0.212. The average Bonchev–Trinajstić information content (AvgIpc) is 2.44. The molecule has 0 aromatic heterocycles. The molecule has 0 fully saturated rings.